The Morgan fingerprint density at radius 3 is 2.62 bits per heavy atom. The predicted octanol–water partition coefficient (Wildman–Crippen LogP) is 1.16. The second kappa shape index (κ2) is 8.48. The highest BCUT2D eigenvalue weighted by molar-refractivity contribution is 4.68. The number of hydrogen-bond acceptors (Lipinski definition) is 3. The maximum Gasteiger partial charge on any atom is 0.0241 e. The summed E-state index contributed by atoms with van der Waals surface area (Å²) in [6, 6.07) is 0.373. The third-order valence-corrected chi connectivity index (χ3v) is 2.07. The van der Waals surface area contributed by atoms with Gasteiger partial charge in [0.25, 0.3) is 0 Å². The van der Waals surface area contributed by atoms with Gasteiger partial charge >= 0.3 is 0 Å². The molecule has 1 unspecified atom stereocenters. The van der Waals surface area contributed by atoms with Crippen LogP contribution in [0.3, 0.4) is 0 Å². The summed E-state index contributed by atoms with van der Waals surface area (Å²) >= 11 is 0. The fourth-order valence-electron chi connectivity index (χ4n) is 1.18. The van der Waals surface area contributed by atoms with Gasteiger partial charge in [0, 0.05) is 19.1 Å². The van der Waals surface area contributed by atoms with E-state index >= 15 is 0 Å². The van der Waals surface area contributed by atoms with Crippen molar-refractivity contribution in [2.75, 3.05) is 19.6 Å². The molecular formula is C10H24N3. The van der Waals surface area contributed by atoms with E-state index in [9.17, 15) is 0 Å². The molecule has 0 aromatic rings. The Balaban J connectivity index is 3.65. The molecule has 0 aliphatic rings. The first kappa shape index (κ1) is 12.9. The maximum absolute atomic E-state index is 5.42. The van der Waals surface area contributed by atoms with Crippen LogP contribution in [0.1, 0.15) is 33.1 Å². The number of hydrogen-bond donors (Lipinski definition) is 2. The van der Waals surface area contributed by atoms with Crippen LogP contribution in [0.4, 0.5) is 0 Å². The summed E-state index contributed by atoms with van der Waals surface area (Å²) in [6.07, 6.45) is 3.26. The Labute approximate surface area is 82.6 Å². The van der Waals surface area contributed by atoms with E-state index < -0.39 is 0 Å². The zero-order valence-electron chi connectivity index (χ0n) is 9.05. The lowest BCUT2D eigenvalue weighted by molar-refractivity contribution is 0.145. The number of nitrogens with one attached hydrogen (secondary N) is 1. The van der Waals surface area contributed by atoms with E-state index in [2.05, 4.69) is 31.2 Å². The zero-order valence-corrected chi connectivity index (χ0v) is 9.05. The number of rotatable bonds is 8. The van der Waals surface area contributed by atoms with Crippen LogP contribution in [-0.2, 0) is 0 Å². The van der Waals surface area contributed by atoms with Crippen LogP contribution in [-0.4, -0.2) is 30.7 Å². The van der Waals surface area contributed by atoms with Gasteiger partial charge in [-0.3, -0.25) is 5.43 Å². The number of nitrogens with two attached hydrogens (primary N) is 1. The lowest BCUT2D eigenvalue weighted by atomic mass is 10.2. The topological polar surface area (TPSA) is 41.3 Å². The van der Waals surface area contributed by atoms with Gasteiger partial charge in [0.15, 0.2) is 0 Å². The van der Waals surface area contributed by atoms with Crippen molar-refractivity contribution >= 4 is 0 Å². The molecular weight excluding hydrogens is 162 g/mol. The van der Waals surface area contributed by atoms with Gasteiger partial charge in [-0.15, -0.1) is 0 Å². The molecule has 0 aromatic carbocycles. The summed E-state index contributed by atoms with van der Waals surface area (Å²) in [6.45, 7) is 11.2. The molecule has 0 fully saturated rings. The Hall–Kier alpha value is -0.120. The van der Waals surface area contributed by atoms with Crippen molar-refractivity contribution in [2.45, 2.75) is 39.2 Å². The molecule has 79 valence electrons. The Morgan fingerprint density at radius 2 is 2.15 bits per heavy atom. The summed E-state index contributed by atoms with van der Waals surface area (Å²) in [5, 5.41) is 2.22. The van der Waals surface area contributed by atoms with Crippen LogP contribution < -0.4 is 11.2 Å². The van der Waals surface area contributed by atoms with Crippen LogP contribution in [0.15, 0.2) is 0 Å². The van der Waals surface area contributed by atoms with E-state index in [0.717, 1.165) is 38.9 Å². The molecule has 0 saturated heterocycles. The van der Waals surface area contributed by atoms with Gasteiger partial charge in [0.05, 0.1) is 0 Å². The average Bonchev–Trinajstić information content (AvgIpc) is 2.16. The average molecular weight is 186 g/mol. The minimum atomic E-state index is 0.373. The second-order valence-corrected chi connectivity index (χ2v) is 3.31. The van der Waals surface area contributed by atoms with Crippen molar-refractivity contribution in [1.29, 1.82) is 0 Å². The Morgan fingerprint density at radius 1 is 1.46 bits per heavy atom. The summed E-state index contributed by atoms with van der Waals surface area (Å²) in [4.78, 5) is 0. The van der Waals surface area contributed by atoms with Gasteiger partial charge in [0.1, 0.15) is 0 Å². The lowest BCUT2D eigenvalue weighted by Gasteiger charge is -2.28. The minimum Gasteiger partial charge on any atom is -0.330 e. The molecule has 0 bridgehead atoms. The smallest absolute Gasteiger partial charge is 0.0241 e. The fraction of sp³-hybridized carbons (Fsp3) is 0.900. The zero-order chi connectivity index (χ0) is 10.1. The van der Waals surface area contributed by atoms with Gasteiger partial charge in [-0.25, -0.2) is 5.01 Å². The molecule has 0 spiro atoms. The summed E-state index contributed by atoms with van der Waals surface area (Å²) in [5.74, 6) is 0. The van der Waals surface area contributed by atoms with Gasteiger partial charge in [0.2, 0.25) is 0 Å². The molecule has 0 aliphatic carbocycles. The molecule has 3 heteroatoms. The Kier molecular flexibility index (Phi) is 8.40. The van der Waals surface area contributed by atoms with Crippen molar-refractivity contribution < 1.29 is 0 Å². The maximum atomic E-state index is 5.42. The van der Waals surface area contributed by atoms with E-state index in [1.807, 2.05) is 0 Å². The molecule has 13 heavy (non-hydrogen) atoms. The predicted molar refractivity (Wildman–Crippen MR) is 58.1 cm³/mol. The third kappa shape index (κ3) is 6.02. The van der Waals surface area contributed by atoms with Crippen molar-refractivity contribution in [1.82, 2.24) is 10.4 Å². The van der Waals surface area contributed by atoms with E-state index in [1.54, 1.807) is 0 Å². The molecule has 0 rings (SSSR count). The highest BCUT2D eigenvalue weighted by Crippen LogP contribution is 2.00. The first-order valence-electron chi connectivity index (χ1n) is 5.29. The normalized spacial score (nSPS) is 13.6. The number of hydrazine groups is 1. The van der Waals surface area contributed by atoms with Crippen LogP contribution >= 0.6 is 0 Å². The number of nitrogens with zero attached hydrogens (tertiary/aromatic N) is 1. The third-order valence-electron chi connectivity index (χ3n) is 2.07. The van der Waals surface area contributed by atoms with Crippen molar-refractivity contribution in [3.05, 3.63) is 6.92 Å². The first-order chi connectivity index (χ1) is 6.26. The summed E-state index contributed by atoms with van der Waals surface area (Å²) in [5.41, 5.74) is 8.79. The monoisotopic (exact) mass is 186 g/mol. The van der Waals surface area contributed by atoms with Crippen LogP contribution in [0.25, 0.3) is 0 Å². The molecule has 1 radical (unpaired) electrons. The van der Waals surface area contributed by atoms with E-state index in [-0.39, 0.29) is 0 Å². The largest absolute Gasteiger partial charge is 0.330 e. The summed E-state index contributed by atoms with van der Waals surface area (Å²) < 4.78 is 0. The molecule has 0 amide bonds. The van der Waals surface area contributed by atoms with Gasteiger partial charge < -0.3 is 5.73 Å². The van der Waals surface area contributed by atoms with Crippen molar-refractivity contribution in [3.8, 4) is 0 Å². The lowest BCUT2D eigenvalue weighted by Crippen LogP contribution is -2.45. The quantitative estimate of drug-likeness (QED) is 0.441. The minimum absolute atomic E-state index is 0.373. The molecule has 0 saturated carbocycles. The SMILES string of the molecule is [CH2]C(CC)N(CCC)NCCCN. The standard InChI is InChI=1S/C10H24N3/c1-4-9-13(10(3)5-2)12-8-6-7-11/h10,12H,3-9,11H2,1-2H3. The molecule has 1 atom stereocenters. The van der Waals surface area contributed by atoms with Crippen molar-refractivity contribution in [2.24, 2.45) is 5.73 Å². The molecule has 0 aliphatic heterocycles. The van der Waals surface area contributed by atoms with Crippen LogP contribution in [0.5, 0.6) is 0 Å². The second-order valence-electron chi connectivity index (χ2n) is 3.31. The van der Waals surface area contributed by atoms with E-state index in [1.165, 1.54) is 0 Å². The van der Waals surface area contributed by atoms with Crippen LogP contribution in [0, 0.1) is 6.92 Å². The van der Waals surface area contributed by atoms with Gasteiger partial charge in [-0.05, 0) is 32.7 Å². The van der Waals surface area contributed by atoms with Crippen LogP contribution in [0.2, 0.25) is 0 Å². The Bertz CT molecular complexity index is 106. The first-order valence-corrected chi connectivity index (χ1v) is 5.29. The molecule has 0 aromatic heterocycles. The highest BCUT2D eigenvalue weighted by Gasteiger charge is 2.09. The molecule has 3 N–H and O–H groups in total. The van der Waals surface area contributed by atoms with Gasteiger partial charge in [-0.2, -0.15) is 0 Å². The van der Waals surface area contributed by atoms with Crippen molar-refractivity contribution in [3.63, 3.8) is 0 Å². The van der Waals surface area contributed by atoms with Gasteiger partial charge in [-0.1, -0.05) is 13.8 Å². The molecule has 0 heterocycles. The summed E-state index contributed by atoms with van der Waals surface area (Å²) in [7, 11) is 0. The van der Waals surface area contributed by atoms with E-state index in [4.69, 9.17) is 5.73 Å². The highest BCUT2D eigenvalue weighted by atomic mass is 15.5. The van der Waals surface area contributed by atoms with E-state index in [0.29, 0.717) is 6.04 Å². The fourth-order valence-corrected chi connectivity index (χ4v) is 1.18. The molecule has 3 nitrogen and oxygen atoms in total.